The highest BCUT2D eigenvalue weighted by Gasteiger charge is 2.15. The first kappa shape index (κ1) is 11.3. The number of hydrogen-bond acceptors (Lipinski definition) is 4. The number of nitrogens with one attached hydrogen (secondary N) is 1. The lowest BCUT2D eigenvalue weighted by molar-refractivity contribution is -0.0289. The summed E-state index contributed by atoms with van der Waals surface area (Å²) < 4.78 is 5.29. The summed E-state index contributed by atoms with van der Waals surface area (Å²) in [6.07, 6.45) is 5.58. The maximum absolute atomic E-state index is 5.59. The van der Waals surface area contributed by atoms with E-state index in [1.165, 1.54) is 25.7 Å². The van der Waals surface area contributed by atoms with Gasteiger partial charge in [-0.3, -0.25) is 9.74 Å². The number of nitrogens with zero attached hydrogens (tertiary/aromatic N) is 1. The van der Waals surface area contributed by atoms with Crippen LogP contribution in [0.3, 0.4) is 0 Å². The molecule has 1 aliphatic heterocycles. The Labute approximate surface area is 91.9 Å². The van der Waals surface area contributed by atoms with Crippen molar-refractivity contribution < 1.29 is 9.57 Å². The molecule has 88 valence electrons. The average molecular weight is 214 g/mol. The Morgan fingerprint density at radius 1 is 1.20 bits per heavy atom. The normalized spacial score (nSPS) is 24.8. The van der Waals surface area contributed by atoms with E-state index < -0.39 is 0 Å². The minimum Gasteiger partial charge on any atom is -0.379 e. The third-order valence-corrected chi connectivity index (χ3v) is 3.19. The zero-order chi connectivity index (χ0) is 10.3. The second-order valence-corrected chi connectivity index (χ2v) is 4.37. The summed E-state index contributed by atoms with van der Waals surface area (Å²) in [7, 11) is 0. The van der Waals surface area contributed by atoms with Crippen molar-refractivity contribution in [3.05, 3.63) is 0 Å². The zero-order valence-electron chi connectivity index (χ0n) is 9.41. The Balaban J connectivity index is 1.47. The Morgan fingerprint density at radius 3 is 2.67 bits per heavy atom. The molecule has 0 unspecified atom stereocenters. The fraction of sp³-hybridized carbons (Fsp3) is 1.00. The summed E-state index contributed by atoms with van der Waals surface area (Å²) in [4.78, 5) is 8.00. The molecule has 1 aliphatic carbocycles. The van der Waals surface area contributed by atoms with E-state index in [2.05, 4.69) is 10.4 Å². The van der Waals surface area contributed by atoms with Gasteiger partial charge in [0.05, 0.1) is 19.3 Å². The van der Waals surface area contributed by atoms with Gasteiger partial charge in [-0.2, -0.15) is 0 Å². The Kier molecular flexibility index (Phi) is 4.86. The molecule has 0 aromatic carbocycles. The van der Waals surface area contributed by atoms with Crippen LogP contribution in [0, 0.1) is 0 Å². The van der Waals surface area contributed by atoms with Crippen LogP contribution in [0.4, 0.5) is 0 Å². The van der Waals surface area contributed by atoms with Crippen LogP contribution in [0.15, 0.2) is 0 Å². The van der Waals surface area contributed by atoms with Gasteiger partial charge in [0.1, 0.15) is 0 Å². The van der Waals surface area contributed by atoms with E-state index in [1.54, 1.807) is 0 Å². The molecular formula is C11H22N2O2. The van der Waals surface area contributed by atoms with E-state index in [1.807, 2.05) is 0 Å². The van der Waals surface area contributed by atoms with Gasteiger partial charge in [0, 0.05) is 26.2 Å². The lowest BCUT2D eigenvalue weighted by atomic mass is 10.3. The smallest absolute Gasteiger partial charge is 0.0790 e. The molecule has 0 spiro atoms. The third-order valence-electron chi connectivity index (χ3n) is 3.19. The number of ether oxygens (including phenoxy) is 1. The minimum atomic E-state index is 0.467. The molecule has 2 aliphatic rings. The SMILES string of the molecule is C1CCC(ONCCN2CCOCC2)C1. The number of hydroxylamine groups is 1. The van der Waals surface area contributed by atoms with Gasteiger partial charge in [-0.25, -0.2) is 5.48 Å². The van der Waals surface area contributed by atoms with Gasteiger partial charge in [0.15, 0.2) is 0 Å². The summed E-state index contributed by atoms with van der Waals surface area (Å²) in [5.41, 5.74) is 3.09. The predicted molar refractivity (Wildman–Crippen MR) is 58.6 cm³/mol. The first-order valence-electron chi connectivity index (χ1n) is 6.14. The fourth-order valence-electron chi connectivity index (χ4n) is 2.21. The summed E-state index contributed by atoms with van der Waals surface area (Å²) in [6.45, 7) is 5.87. The molecular weight excluding hydrogens is 192 g/mol. The maximum Gasteiger partial charge on any atom is 0.0790 e. The van der Waals surface area contributed by atoms with Crippen molar-refractivity contribution in [2.45, 2.75) is 31.8 Å². The first-order valence-corrected chi connectivity index (χ1v) is 6.14. The molecule has 4 heteroatoms. The van der Waals surface area contributed by atoms with E-state index in [0.717, 1.165) is 39.4 Å². The Hall–Kier alpha value is -0.160. The van der Waals surface area contributed by atoms with Crippen LogP contribution in [0.25, 0.3) is 0 Å². The van der Waals surface area contributed by atoms with E-state index in [9.17, 15) is 0 Å². The van der Waals surface area contributed by atoms with Crippen LogP contribution < -0.4 is 5.48 Å². The average Bonchev–Trinajstić information content (AvgIpc) is 2.79. The van der Waals surface area contributed by atoms with Crippen molar-refractivity contribution in [1.29, 1.82) is 0 Å². The molecule has 2 rings (SSSR count). The van der Waals surface area contributed by atoms with Crippen LogP contribution in [0.2, 0.25) is 0 Å². The lowest BCUT2D eigenvalue weighted by Crippen LogP contribution is -2.40. The van der Waals surface area contributed by atoms with Crippen molar-refractivity contribution in [1.82, 2.24) is 10.4 Å². The molecule has 15 heavy (non-hydrogen) atoms. The summed E-state index contributed by atoms with van der Waals surface area (Å²) in [5.74, 6) is 0. The number of morpholine rings is 1. The van der Waals surface area contributed by atoms with Crippen molar-refractivity contribution in [3.63, 3.8) is 0 Å². The monoisotopic (exact) mass is 214 g/mol. The van der Waals surface area contributed by atoms with Gasteiger partial charge in [0.25, 0.3) is 0 Å². The van der Waals surface area contributed by atoms with Crippen molar-refractivity contribution in [2.24, 2.45) is 0 Å². The van der Waals surface area contributed by atoms with Gasteiger partial charge in [0.2, 0.25) is 0 Å². The number of rotatable bonds is 5. The van der Waals surface area contributed by atoms with Crippen LogP contribution >= 0.6 is 0 Å². The summed E-state index contributed by atoms with van der Waals surface area (Å²) >= 11 is 0. The van der Waals surface area contributed by atoms with Gasteiger partial charge in [-0.1, -0.05) is 12.8 Å². The van der Waals surface area contributed by atoms with Crippen molar-refractivity contribution >= 4 is 0 Å². The molecule has 0 atom stereocenters. The van der Waals surface area contributed by atoms with Gasteiger partial charge in [-0.05, 0) is 12.8 Å². The second-order valence-electron chi connectivity index (χ2n) is 4.37. The van der Waals surface area contributed by atoms with Crippen LogP contribution in [-0.4, -0.2) is 50.4 Å². The maximum atomic E-state index is 5.59. The topological polar surface area (TPSA) is 33.7 Å². The van der Waals surface area contributed by atoms with Gasteiger partial charge < -0.3 is 4.74 Å². The molecule has 1 saturated carbocycles. The van der Waals surface area contributed by atoms with Gasteiger partial charge >= 0.3 is 0 Å². The molecule has 2 fully saturated rings. The van der Waals surface area contributed by atoms with Crippen molar-refractivity contribution in [2.75, 3.05) is 39.4 Å². The molecule has 0 amide bonds. The molecule has 0 aromatic rings. The van der Waals surface area contributed by atoms with Crippen LogP contribution in [-0.2, 0) is 9.57 Å². The highest BCUT2D eigenvalue weighted by molar-refractivity contribution is 4.66. The number of hydrogen-bond donors (Lipinski definition) is 1. The van der Waals surface area contributed by atoms with E-state index >= 15 is 0 Å². The molecule has 0 radical (unpaired) electrons. The van der Waals surface area contributed by atoms with E-state index in [-0.39, 0.29) is 0 Å². The third kappa shape index (κ3) is 4.07. The van der Waals surface area contributed by atoms with E-state index in [4.69, 9.17) is 9.57 Å². The molecule has 1 saturated heterocycles. The molecule has 0 bridgehead atoms. The largest absolute Gasteiger partial charge is 0.379 e. The summed E-state index contributed by atoms with van der Waals surface area (Å²) in [6, 6.07) is 0. The zero-order valence-corrected chi connectivity index (χ0v) is 9.41. The highest BCUT2D eigenvalue weighted by Crippen LogP contribution is 2.19. The first-order chi connectivity index (χ1) is 7.45. The second kappa shape index (κ2) is 6.43. The molecule has 0 aromatic heterocycles. The highest BCUT2D eigenvalue weighted by atomic mass is 16.7. The standard InChI is InChI=1S/C11H22N2O2/c1-2-4-11(3-1)15-12-5-6-13-7-9-14-10-8-13/h11-12H,1-10H2. The molecule has 1 N–H and O–H groups in total. The fourth-order valence-corrected chi connectivity index (χ4v) is 2.21. The minimum absolute atomic E-state index is 0.467. The molecule has 4 nitrogen and oxygen atoms in total. The van der Waals surface area contributed by atoms with Gasteiger partial charge in [-0.15, -0.1) is 0 Å². The van der Waals surface area contributed by atoms with Crippen LogP contribution in [0.1, 0.15) is 25.7 Å². The summed E-state index contributed by atoms with van der Waals surface area (Å²) in [5, 5.41) is 0. The Morgan fingerprint density at radius 2 is 1.93 bits per heavy atom. The quantitative estimate of drug-likeness (QED) is 0.542. The molecule has 1 heterocycles. The van der Waals surface area contributed by atoms with Crippen molar-refractivity contribution in [3.8, 4) is 0 Å². The van der Waals surface area contributed by atoms with Crippen LogP contribution in [0.5, 0.6) is 0 Å². The predicted octanol–water partition coefficient (Wildman–Crippen LogP) is 0.782. The lowest BCUT2D eigenvalue weighted by Gasteiger charge is -2.26. The Bertz CT molecular complexity index is 166. The van der Waals surface area contributed by atoms with E-state index in [0.29, 0.717) is 6.10 Å².